The van der Waals surface area contributed by atoms with Crippen molar-refractivity contribution in [3.8, 4) is 11.1 Å². The molecule has 0 aromatic heterocycles. The van der Waals surface area contributed by atoms with Gasteiger partial charge in [0.05, 0.1) is 5.41 Å². The zero-order chi connectivity index (χ0) is 20.0. The molecule has 0 saturated carbocycles. The fourth-order valence-electron chi connectivity index (χ4n) is 4.10. The van der Waals surface area contributed by atoms with Gasteiger partial charge < -0.3 is 10.2 Å². The third-order valence-electron chi connectivity index (χ3n) is 5.54. The lowest BCUT2D eigenvalue weighted by Gasteiger charge is -2.42. The first kappa shape index (κ1) is 19.9. The molecule has 4 nitrogen and oxygen atoms in total. The van der Waals surface area contributed by atoms with E-state index in [0.717, 1.165) is 29.5 Å². The van der Waals surface area contributed by atoms with Crippen LogP contribution in [0.3, 0.4) is 0 Å². The van der Waals surface area contributed by atoms with E-state index in [1.165, 1.54) is 0 Å². The highest BCUT2D eigenvalue weighted by atomic mass is 16.2. The SMILES string of the molecule is C=CCNC(=O)[C@@]1(Cc2ccccc2-c2ccccc2)CCCN(C(C)=O)C1. The highest BCUT2D eigenvalue weighted by Gasteiger charge is 2.43. The van der Waals surface area contributed by atoms with Crippen molar-refractivity contribution >= 4 is 11.8 Å². The number of piperidine rings is 1. The number of benzene rings is 2. The summed E-state index contributed by atoms with van der Waals surface area (Å²) in [7, 11) is 0. The summed E-state index contributed by atoms with van der Waals surface area (Å²) in [6, 6.07) is 18.5. The molecule has 1 fully saturated rings. The number of amides is 2. The second-order valence-electron chi connectivity index (χ2n) is 7.52. The summed E-state index contributed by atoms with van der Waals surface area (Å²) in [6.45, 7) is 6.88. The molecular weight excluding hydrogens is 348 g/mol. The Morgan fingerprint density at radius 2 is 1.86 bits per heavy atom. The van der Waals surface area contributed by atoms with Gasteiger partial charge in [-0.1, -0.05) is 60.7 Å². The van der Waals surface area contributed by atoms with Crippen molar-refractivity contribution in [2.45, 2.75) is 26.2 Å². The van der Waals surface area contributed by atoms with E-state index in [2.05, 4.69) is 36.2 Å². The molecule has 2 aromatic rings. The summed E-state index contributed by atoms with van der Waals surface area (Å²) in [4.78, 5) is 27.1. The van der Waals surface area contributed by atoms with Gasteiger partial charge in [-0.05, 0) is 36.0 Å². The largest absolute Gasteiger partial charge is 0.352 e. The zero-order valence-corrected chi connectivity index (χ0v) is 16.5. The van der Waals surface area contributed by atoms with Crippen LogP contribution in [0.25, 0.3) is 11.1 Å². The summed E-state index contributed by atoms with van der Waals surface area (Å²) in [5.41, 5.74) is 2.78. The smallest absolute Gasteiger partial charge is 0.228 e. The topological polar surface area (TPSA) is 49.4 Å². The monoisotopic (exact) mass is 376 g/mol. The van der Waals surface area contributed by atoms with Crippen LogP contribution >= 0.6 is 0 Å². The van der Waals surface area contributed by atoms with Gasteiger partial charge in [0.2, 0.25) is 11.8 Å². The highest BCUT2D eigenvalue weighted by molar-refractivity contribution is 5.85. The van der Waals surface area contributed by atoms with Crippen molar-refractivity contribution in [3.63, 3.8) is 0 Å². The van der Waals surface area contributed by atoms with E-state index in [-0.39, 0.29) is 11.8 Å². The van der Waals surface area contributed by atoms with Crippen LogP contribution in [0.1, 0.15) is 25.3 Å². The number of hydrogen-bond acceptors (Lipinski definition) is 2. The van der Waals surface area contributed by atoms with Crippen LogP contribution in [-0.2, 0) is 16.0 Å². The summed E-state index contributed by atoms with van der Waals surface area (Å²) in [6.07, 6.45) is 3.89. The van der Waals surface area contributed by atoms with E-state index < -0.39 is 5.41 Å². The van der Waals surface area contributed by atoms with Crippen LogP contribution in [0.15, 0.2) is 67.3 Å². The molecule has 4 heteroatoms. The van der Waals surface area contributed by atoms with Gasteiger partial charge >= 0.3 is 0 Å². The van der Waals surface area contributed by atoms with Gasteiger partial charge in [-0.3, -0.25) is 9.59 Å². The number of hydrogen-bond donors (Lipinski definition) is 1. The van der Waals surface area contributed by atoms with E-state index in [4.69, 9.17) is 0 Å². The molecule has 3 rings (SSSR count). The summed E-state index contributed by atoms with van der Waals surface area (Å²) >= 11 is 0. The van der Waals surface area contributed by atoms with Crippen LogP contribution in [0, 0.1) is 5.41 Å². The van der Waals surface area contributed by atoms with Gasteiger partial charge in [0.1, 0.15) is 0 Å². The van der Waals surface area contributed by atoms with Crippen LogP contribution in [0.4, 0.5) is 0 Å². The van der Waals surface area contributed by atoms with Crippen molar-refractivity contribution in [1.29, 1.82) is 0 Å². The first-order valence-corrected chi connectivity index (χ1v) is 9.84. The number of rotatable bonds is 6. The molecule has 0 aliphatic carbocycles. The second kappa shape index (κ2) is 8.87. The van der Waals surface area contributed by atoms with Crippen LogP contribution in [-0.4, -0.2) is 36.3 Å². The van der Waals surface area contributed by atoms with E-state index in [1.54, 1.807) is 13.0 Å². The molecule has 1 atom stereocenters. The lowest BCUT2D eigenvalue weighted by Crippen LogP contribution is -2.54. The molecule has 28 heavy (non-hydrogen) atoms. The molecule has 2 aromatic carbocycles. The van der Waals surface area contributed by atoms with Gasteiger partial charge in [0.25, 0.3) is 0 Å². The average molecular weight is 377 g/mol. The Balaban J connectivity index is 1.98. The molecule has 1 saturated heterocycles. The maximum absolute atomic E-state index is 13.2. The Morgan fingerprint density at radius 3 is 2.57 bits per heavy atom. The fourth-order valence-corrected chi connectivity index (χ4v) is 4.10. The van der Waals surface area contributed by atoms with Crippen molar-refractivity contribution in [2.75, 3.05) is 19.6 Å². The normalized spacial score (nSPS) is 19.1. The van der Waals surface area contributed by atoms with Crippen LogP contribution in [0.2, 0.25) is 0 Å². The number of nitrogens with one attached hydrogen (secondary N) is 1. The van der Waals surface area contributed by atoms with Crippen molar-refractivity contribution in [2.24, 2.45) is 5.41 Å². The lowest BCUT2D eigenvalue weighted by atomic mass is 9.73. The van der Waals surface area contributed by atoms with Gasteiger partial charge in [-0.25, -0.2) is 0 Å². The number of carbonyl (C=O) groups is 2. The Morgan fingerprint density at radius 1 is 1.14 bits per heavy atom. The number of carbonyl (C=O) groups excluding carboxylic acids is 2. The Kier molecular flexibility index (Phi) is 6.30. The molecule has 0 spiro atoms. The molecular formula is C24H28N2O2. The first-order valence-electron chi connectivity index (χ1n) is 9.84. The predicted octanol–water partition coefficient (Wildman–Crippen LogP) is 3.83. The minimum atomic E-state index is -0.627. The summed E-state index contributed by atoms with van der Waals surface area (Å²) in [5, 5.41) is 2.99. The Labute approximate surface area is 167 Å². The van der Waals surface area contributed by atoms with E-state index in [0.29, 0.717) is 26.1 Å². The van der Waals surface area contributed by atoms with Gasteiger partial charge in [0.15, 0.2) is 0 Å². The molecule has 2 amide bonds. The predicted molar refractivity (Wildman–Crippen MR) is 113 cm³/mol. The average Bonchev–Trinajstić information content (AvgIpc) is 2.73. The molecule has 0 unspecified atom stereocenters. The molecule has 0 bridgehead atoms. The summed E-state index contributed by atoms with van der Waals surface area (Å²) < 4.78 is 0. The third-order valence-corrected chi connectivity index (χ3v) is 5.54. The number of likely N-dealkylation sites (tertiary alicyclic amines) is 1. The molecule has 0 radical (unpaired) electrons. The maximum atomic E-state index is 13.2. The third kappa shape index (κ3) is 4.33. The Hall–Kier alpha value is -2.88. The van der Waals surface area contributed by atoms with Gasteiger partial charge in [-0.2, -0.15) is 0 Å². The molecule has 1 aliphatic rings. The van der Waals surface area contributed by atoms with Crippen molar-refractivity contribution in [1.82, 2.24) is 10.2 Å². The minimum absolute atomic E-state index is 0.00112. The molecule has 1 aliphatic heterocycles. The highest BCUT2D eigenvalue weighted by Crippen LogP contribution is 2.37. The lowest BCUT2D eigenvalue weighted by molar-refractivity contribution is -0.140. The minimum Gasteiger partial charge on any atom is -0.352 e. The standard InChI is InChI=1S/C24H28N2O2/c1-3-15-25-23(28)24(14-9-16-26(18-24)19(2)27)17-21-12-7-8-13-22(21)20-10-5-4-6-11-20/h3-8,10-13H,1,9,14-18H2,2H3,(H,25,28)/t24-/m1/s1. The Bertz CT molecular complexity index is 847. The molecule has 1 heterocycles. The fraction of sp³-hybridized carbons (Fsp3) is 0.333. The van der Waals surface area contributed by atoms with Crippen LogP contribution in [0.5, 0.6) is 0 Å². The zero-order valence-electron chi connectivity index (χ0n) is 16.5. The number of nitrogens with zero attached hydrogens (tertiary/aromatic N) is 1. The van der Waals surface area contributed by atoms with Crippen molar-refractivity contribution < 1.29 is 9.59 Å². The van der Waals surface area contributed by atoms with Crippen molar-refractivity contribution in [3.05, 3.63) is 72.8 Å². The molecule has 1 N–H and O–H groups in total. The van der Waals surface area contributed by atoms with E-state index >= 15 is 0 Å². The van der Waals surface area contributed by atoms with Gasteiger partial charge in [-0.15, -0.1) is 6.58 Å². The molecule has 146 valence electrons. The van der Waals surface area contributed by atoms with E-state index in [9.17, 15) is 9.59 Å². The summed E-state index contributed by atoms with van der Waals surface area (Å²) in [5.74, 6) is 0.0261. The van der Waals surface area contributed by atoms with Gasteiger partial charge in [0, 0.05) is 26.6 Å². The second-order valence-corrected chi connectivity index (χ2v) is 7.52. The van der Waals surface area contributed by atoms with Crippen LogP contribution < -0.4 is 5.32 Å². The first-order chi connectivity index (χ1) is 13.6. The van der Waals surface area contributed by atoms with E-state index in [1.807, 2.05) is 35.2 Å². The maximum Gasteiger partial charge on any atom is 0.228 e. The quantitative estimate of drug-likeness (QED) is 0.779.